The summed E-state index contributed by atoms with van der Waals surface area (Å²) in [5.74, 6) is 0.393. The van der Waals surface area contributed by atoms with Crippen LogP contribution in [0.4, 0.5) is 11.6 Å². The number of hydrogen-bond acceptors (Lipinski definition) is 4. The molecule has 1 N–H and O–H groups in total. The Kier molecular flexibility index (Phi) is 5.94. The molecule has 0 atom stereocenters. The number of nitrogens with one attached hydrogen (secondary N) is 1. The Labute approximate surface area is 160 Å². The molecule has 1 aliphatic rings. The van der Waals surface area contributed by atoms with E-state index in [1.54, 1.807) is 6.92 Å². The molecule has 6 nitrogen and oxygen atoms in total. The largest absolute Gasteiger partial charge is 0.342 e. The van der Waals surface area contributed by atoms with Crippen LogP contribution >= 0.6 is 0 Å². The highest BCUT2D eigenvalue weighted by Gasteiger charge is 2.20. The second-order valence-corrected chi connectivity index (χ2v) is 7.16. The molecule has 6 heteroatoms. The average molecular weight is 368 g/mol. The van der Waals surface area contributed by atoms with Crippen molar-refractivity contribution in [3.63, 3.8) is 0 Å². The lowest BCUT2D eigenvalue weighted by molar-refractivity contribution is -0.116. The van der Waals surface area contributed by atoms with Gasteiger partial charge in [-0.25, -0.2) is 4.98 Å². The quantitative estimate of drug-likeness (QED) is 0.881. The predicted octanol–water partition coefficient (Wildman–Crippen LogP) is 3.05. The number of amides is 1. The molecule has 0 unspecified atom stereocenters. The van der Waals surface area contributed by atoms with E-state index in [0.29, 0.717) is 11.5 Å². The smallest absolute Gasteiger partial charge is 0.258 e. The van der Waals surface area contributed by atoms with Gasteiger partial charge in [-0.3, -0.25) is 14.2 Å². The van der Waals surface area contributed by atoms with Crippen LogP contribution in [0.2, 0.25) is 0 Å². The SMILES string of the molecule is CCc1ccc(NC(=O)Cn2c(N3CCCCC3)nc(C)c(C)c2=O)cc1. The number of rotatable bonds is 5. The number of aromatic nitrogens is 2. The maximum absolute atomic E-state index is 12.8. The van der Waals surface area contributed by atoms with Crippen LogP contribution in [0.1, 0.15) is 43.0 Å². The molecule has 0 radical (unpaired) electrons. The number of nitrogens with zero attached hydrogens (tertiary/aromatic N) is 3. The molecule has 2 heterocycles. The molecular weight excluding hydrogens is 340 g/mol. The standard InChI is InChI=1S/C21H28N4O2/c1-4-17-8-10-18(11-9-17)23-19(26)14-25-20(27)15(2)16(3)22-21(25)24-12-6-5-7-13-24/h8-11H,4-7,12-14H2,1-3H3,(H,23,26). The number of piperidine rings is 1. The van der Waals surface area contributed by atoms with Gasteiger partial charge in [-0.05, 0) is 57.2 Å². The highest BCUT2D eigenvalue weighted by molar-refractivity contribution is 5.90. The summed E-state index contributed by atoms with van der Waals surface area (Å²) in [5, 5.41) is 2.89. The highest BCUT2D eigenvalue weighted by atomic mass is 16.2. The Hall–Kier alpha value is -2.63. The highest BCUT2D eigenvalue weighted by Crippen LogP contribution is 2.18. The summed E-state index contributed by atoms with van der Waals surface area (Å²) >= 11 is 0. The number of hydrogen-bond donors (Lipinski definition) is 1. The lowest BCUT2D eigenvalue weighted by Gasteiger charge is -2.30. The maximum Gasteiger partial charge on any atom is 0.258 e. The Bertz CT molecular complexity index is 865. The van der Waals surface area contributed by atoms with Gasteiger partial charge in [0.05, 0.1) is 0 Å². The van der Waals surface area contributed by atoms with Crippen molar-refractivity contribution in [2.45, 2.75) is 53.0 Å². The number of benzene rings is 1. The molecule has 1 aliphatic heterocycles. The summed E-state index contributed by atoms with van der Waals surface area (Å²) < 4.78 is 1.52. The van der Waals surface area contributed by atoms with Gasteiger partial charge in [0.15, 0.2) is 0 Å². The number of anilines is 2. The van der Waals surface area contributed by atoms with Crippen LogP contribution < -0.4 is 15.8 Å². The first-order chi connectivity index (χ1) is 13.0. The number of carbonyl (C=O) groups is 1. The molecule has 1 saturated heterocycles. The second-order valence-electron chi connectivity index (χ2n) is 7.16. The van der Waals surface area contributed by atoms with Gasteiger partial charge < -0.3 is 10.2 Å². The molecule has 0 aliphatic carbocycles. The monoisotopic (exact) mass is 368 g/mol. The van der Waals surface area contributed by atoms with E-state index in [1.165, 1.54) is 16.6 Å². The Balaban J connectivity index is 1.84. The molecule has 3 rings (SSSR count). The van der Waals surface area contributed by atoms with Gasteiger partial charge in [0, 0.05) is 30.0 Å². The van der Waals surface area contributed by atoms with E-state index in [0.717, 1.165) is 43.7 Å². The minimum atomic E-state index is -0.218. The van der Waals surface area contributed by atoms with Gasteiger partial charge >= 0.3 is 0 Å². The third-order valence-corrected chi connectivity index (χ3v) is 5.20. The van der Waals surface area contributed by atoms with E-state index in [1.807, 2.05) is 31.2 Å². The summed E-state index contributed by atoms with van der Waals surface area (Å²) in [7, 11) is 0. The van der Waals surface area contributed by atoms with Crippen molar-refractivity contribution in [2.75, 3.05) is 23.3 Å². The van der Waals surface area contributed by atoms with Gasteiger partial charge in [-0.2, -0.15) is 0 Å². The summed E-state index contributed by atoms with van der Waals surface area (Å²) in [6, 6.07) is 7.78. The van der Waals surface area contributed by atoms with Gasteiger partial charge in [0.2, 0.25) is 11.9 Å². The fourth-order valence-corrected chi connectivity index (χ4v) is 3.39. The molecule has 2 aromatic rings. The zero-order valence-electron chi connectivity index (χ0n) is 16.4. The van der Waals surface area contributed by atoms with Crippen molar-refractivity contribution in [1.29, 1.82) is 0 Å². The van der Waals surface area contributed by atoms with E-state index >= 15 is 0 Å². The van der Waals surface area contributed by atoms with Gasteiger partial charge in [0.25, 0.3) is 5.56 Å². The zero-order valence-corrected chi connectivity index (χ0v) is 16.4. The van der Waals surface area contributed by atoms with Crippen LogP contribution in [0.5, 0.6) is 0 Å². The molecule has 1 aromatic heterocycles. The molecule has 1 aromatic carbocycles. The van der Waals surface area contributed by atoms with Crippen LogP contribution in [0.25, 0.3) is 0 Å². The first-order valence-electron chi connectivity index (χ1n) is 9.71. The van der Waals surface area contributed by atoms with Crippen LogP contribution in [0.15, 0.2) is 29.1 Å². The van der Waals surface area contributed by atoms with Gasteiger partial charge in [0.1, 0.15) is 6.54 Å². The van der Waals surface area contributed by atoms with Crippen molar-refractivity contribution < 1.29 is 4.79 Å². The zero-order chi connectivity index (χ0) is 19.4. The van der Waals surface area contributed by atoms with Crippen molar-refractivity contribution in [2.24, 2.45) is 0 Å². The van der Waals surface area contributed by atoms with Crippen molar-refractivity contribution in [3.8, 4) is 0 Å². The lowest BCUT2D eigenvalue weighted by Crippen LogP contribution is -2.39. The number of carbonyl (C=O) groups excluding carboxylic acids is 1. The van der Waals surface area contributed by atoms with E-state index in [4.69, 9.17) is 0 Å². The van der Waals surface area contributed by atoms with Crippen LogP contribution in [0.3, 0.4) is 0 Å². The maximum atomic E-state index is 12.8. The third kappa shape index (κ3) is 4.38. The van der Waals surface area contributed by atoms with E-state index in [2.05, 4.69) is 22.1 Å². The average Bonchev–Trinajstić information content (AvgIpc) is 2.69. The normalized spacial score (nSPS) is 14.3. The van der Waals surface area contributed by atoms with Crippen molar-refractivity contribution in [3.05, 3.63) is 51.4 Å². The minimum absolute atomic E-state index is 0.0334. The fourth-order valence-electron chi connectivity index (χ4n) is 3.39. The summed E-state index contributed by atoms with van der Waals surface area (Å²) in [5.41, 5.74) is 3.14. The molecule has 144 valence electrons. The van der Waals surface area contributed by atoms with Gasteiger partial charge in [-0.1, -0.05) is 19.1 Å². The summed E-state index contributed by atoms with van der Waals surface area (Å²) in [6.45, 7) is 7.42. The lowest BCUT2D eigenvalue weighted by atomic mass is 10.1. The van der Waals surface area contributed by atoms with E-state index in [-0.39, 0.29) is 18.0 Å². The van der Waals surface area contributed by atoms with Crippen LogP contribution in [0, 0.1) is 13.8 Å². The molecule has 27 heavy (non-hydrogen) atoms. The van der Waals surface area contributed by atoms with Gasteiger partial charge in [-0.15, -0.1) is 0 Å². The first-order valence-corrected chi connectivity index (χ1v) is 9.71. The van der Waals surface area contributed by atoms with Crippen LogP contribution in [-0.4, -0.2) is 28.5 Å². The number of aryl methyl sites for hydroxylation is 2. The first kappa shape index (κ1) is 19.1. The second kappa shape index (κ2) is 8.37. The van der Waals surface area contributed by atoms with Crippen LogP contribution in [-0.2, 0) is 17.8 Å². The predicted molar refractivity (Wildman–Crippen MR) is 108 cm³/mol. The molecule has 0 spiro atoms. The van der Waals surface area contributed by atoms with Crippen molar-refractivity contribution >= 4 is 17.5 Å². The van der Waals surface area contributed by atoms with Crippen molar-refractivity contribution in [1.82, 2.24) is 9.55 Å². The minimum Gasteiger partial charge on any atom is -0.342 e. The Morgan fingerprint density at radius 2 is 1.78 bits per heavy atom. The molecule has 1 amide bonds. The Morgan fingerprint density at radius 3 is 2.41 bits per heavy atom. The molecule has 0 bridgehead atoms. The molecule has 1 fully saturated rings. The van der Waals surface area contributed by atoms with E-state index in [9.17, 15) is 9.59 Å². The van der Waals surface area contributed by atoms with E-state index < -0.39 is 0 Å². The fraction of sp³-hybridized carbons (Fsp3) is 0.476. The Morgan fingerprint density at radius 1 is 1.11 bits per heavy atom. The molecule has 0 saturated carbocycles. The summed E-state index contributed by atoms with van der Waals surface area (Å²) in [6.07, 6.45) is 4.31. The topological polar surface area (TPSA) is 67.2 Å². The molecular formula is C21H28N4O2. The third-order valence-electron chi connectivity index (χ3n) is 5.20. The summed E-state index contributed by atoms with van der Waals surface area (Å²) in [4.78, 5) is 32.2.